The summed E-state index contributed by atoms with van der Waals surface area (Å²) in [4.78, 5) is 25.4. The third-order valence-corrected chi connectivity index (χ3v) is 3.38. The second kappa shape index (κ2) is 5.98. The van der Waals surface area contributed by atoms with E-state index >= 15 is 0 Å². The molecule has 1 atom stereocenters. The summed E-state index contributed by atoms with van der Waals surface area (Å²) >= 11 is 0. The van der Waals surface area contributed by atoms with Crippen LogP contribution in [-0.4, -0.2) is 42.5 Å². The average molecular weight is 280 g/mol. The van der Waals surface area contributed by atoms with Crippen molar-refractivity contribution in [2.24, 2.45) is 0 Å². The zero-order valence-corrected chi connectivity index (χ0v) is 12.0. The van der Waals surface area contributed by atoms with Crippen LogP contribution in [0.1, 0.15) is 37.2 Å². The predicted octanol–water partition coefficient (Wildman–Crippen LogP) is 1.42. The minimum absolute atomic E-state index is 0.0192. The number of carbonyl (C=O) groups is 2. The van der Waals surface area contributed by atoms with Crippen LogP contribution in [0.4, 0.5) is 0 Å². The quantitative estimate of drug-likeness (QED) is 0.885. The molecule has 6 heteroatoms. The predicted molar refractivity (Wildman–Crippen MR) is 72.6 cm³/mol. The monoisotopic (exact) mass is 280 g/mol. The van der Waals surface area contributed by atoms with Gasteiger partial charge in [0.2, 0.25) is 5.91 Å². The lowest BCUT2D eigenvalue weighted by Crippen LogP contribution is -2.45. The van der Waals surface area contributed by atoms with Gasteiger partial charge in [-0.25, -0.2) is 0 Å². The van der Waals surface area contributed by atoms with Gasteiger partial charge in [0, 0.05) is 31.1 Å². The highest BCUT2D eigenvalue weighted by Gasteiger charge is 2.28. The molecule has 110 valence electrons. The summed E-state index contributed by atoms with van der Waals surface area (Å²) in [5.74, 6) is 0.418. The molecule has 2 heterocycles. The molecule has 1 aliphatic rings. The number of methoxy groups -OCH3 is 1. The molecule has 2 rings (SSSR count). The smallest absolute Gasteiger partial charge is 0.290 e. The van der Waals surface area contributed by atoms with E-state index in [1.807, 2.05) is 13.8 Å². The topological polar surface area (TPSA) is 71.8 Å². The Balaban J connectivity index is 2.07. The minimum Gasteiger partial charge on any atom is -0.468 e. The number of nitrogens with zero attached hydrogens (tertiary/aromatic N) is 1. The average Bonchev–Trinajstić information content (AvgIpc) is 3.03. The highest BCUT2D eigenvalue weighted by molar-refractivity contribution is 5.92. The van der Waals surface area contributed by atoms with Crippen molar-refractivity contribution in [1.29, 1.82) is 0 Å². The van der Waals surface area contributed by atoms with Crippen LogP contribution in [-0.2, 0) is 4.79 Å². The summed E-state index contributed by atoms with van der Waals surface area (Å²) in [6.07, 6.45) is 1.29. The van der Waals surface area contributed by atoms with Crippen LogP contribution >= 0.6 is 0 Å². The van der Waals surface area contributed by atoms with Gasteiger partial charge in [-0.15, -0.1) is 0 Å². The summed E-state index contributed by atoms with van der Waals surface area (Å²) in [5, 5.41) is 2.87. The van der Waals surface area contributed by atoms with E-state index in [1.54, 1.807) is 17.0 Å². The van der Waals surface area contributed by atoms with Crippen LogP contribution in [0.2, 0.25) is 0 Å². The molecule has 0 bridgehead atoms. The van der Waals surface area contributed by atoms with Gasteiger partial charge in [-0.05, 0) is 26.3 Å². The fraction of sp³-hybridized carbons (Fsp3) is 0.571. The van der Waals surface area contributed by atoms with Gasteiger partial charge >= 0.3 is 0 Å². The highest BCUT2D eigenvalue weighted by Crippen LogP contribution is 2.19. The molecule has 2 amide bonds. The molecule has 1 aromatic heterocycles. The minimum atomic E-state index is -0.190. The Morgan fingerprint density at radius 1 is 1.55 bits per heavy atom. The Hall–Kier alpha value is -1.98. The van der Waals surface area contributed by atoms with Gasteiger partial charge in [0.25, 0.3) is 11.9 Å². The van der Waals surface area contributed by atoms with Crippen molar-refractivity contribution in [3.05, 3.63) is 17.9 Å². The van der Waals surface area contributed by atoms with Gasteiger partial charge < -0.3 is 19.4 Å². The molecule has 0 radical (unpaired) electrons. The summed E-state index contributed by atoms with van der Waals surface area (Å²) in [6.45, 7) is 4.37. The van der Waals surface area contributed by atoms with E-state index in [0.717, 1.165) is 6.42 Å². The third-order valence-electron chi connectivity index (χ3n) is 3.38. The second-order valence-corrected chi connectivity index (χ2v) is 5.18. The first kappa shape index (κ1) is 14.4. The molecular weight excluding hydrogens is 260 g/mol. The van der Waals surface area contributed by atoms with Crippen LogP contribution in [0.3, 0.4) is 0 Å². The maximum atomic E-state index is 12.4. The van der Waals surface area contributed by atoms with E-state index in [9.17, 15) is 9.59 Å². The van der Waals surface area contributed by atoms with Crippen LogP contribution < -0.4 is 10.1 Å². The Kier molecular flexibility index (Phi) is 4.32. The standard InChI is InChI=1S/C14H20N2O4/c1-9(2)16(8-10-4-6-12(17)15-10)14(18)11-5-7-13(19-3)20-11/h5,7,9-10H,4,6,8H2,1-3H3,(H,15,17)/t10-/m0/s1. The van der Waals surface area contributed by atoms with Gasteiger partial charge in [-0.3, -0.25) is 9.59 Å². The van der Waals surface area contributed by atoms with Gasteiger partial charge in [-0.2, -0.15) is 0 Å². The van der Waals surface area contributed by atoms with Gasteiger partial charge in [0.15, 0.2) is 5.76 Å². The Morgan fingerprint density at radius 3 is 2.80 bits per heavy atom. The number of hydrogen-bond acceptors (Lipinski definition) is 4. The first-order valence-electron chi connectivity index (χ1n) is 6.75. The Labute approximate surface area is 118 Å². The molecular formula is C14H20N2O4. The van der Waals surface area contributed by atoms with E-state index in [-0.39, 0.29) is 29.7 Å². The van der Waals surface area contributed by atoms with Crippen LogP contribution in [0.15, 0.2) is 16.5 Å². The highest BCUT2D eigenvalue weighted by atomic mass is 16.6. The zero-order valence-electron chi connectivity index (χ0n) is 12.0. The molecule has 1 N–H and O–H groups in total. The lowest BCUT2D eigenvalue weighted by molar-refractivity contribution is -0.119. The van der Waals surface area contributed by atoms with Crippen molar-refractivity contribution in [3.8, 4) is 5.95 Å². The summed E-state index contributed by atoms with van der Waals surface area (Å²) in [5.41, 5.74) is 0. The normalized spacial score (nSPS) is 18.2. The number of ether oxygens (including phenoxy) is 1. The first-order valence-corrected chi connectivity index (χ1v) is 6.75. The van der Waals surface area contributed by atoms with Crippen molar-refractivity contribution in [2.75, 3.05) is 13.7 Å². The van der Waals surface area contributed by atoms with E-state index in [0.29, 0.717) is 18.9 Å². The molecule has 20 heavy (non-hydrogen) atoms. The van der Waals surface area contributed by atoms with Gasteiger partial charge in [0.1, 0.15) is 0 Å². The van der Waals surface area contributed by atoms with Crippen molar-refractivity contribution >= 4 is 11.8 Å². The molecule has 1 saturated heterocycles. The molecule has 0 aromatic carbocycles. The molecule has 1 aliphatic heterocycles. The molecule has 0 spiro atoms. The Bertz CT molecular complexity index is 495. The van der Waals surface area contributed by atoms with Crippen molar-refractivity contribution in [1.82, 2.24) is 10.2 Å². The lowest BCUT2D eigenvalue weighted by atomic mass is 10.2. The number of hydrogen-bond donors (Lipinski definition) is 1. The molecule has 6 nitrogen and oxygen atoms in total. The number of rotatable bonds is 5. The molecule has 0 unspecified atom stereocenters. The number of amides is 2. The maximum Gasteiger partial charge on any atom is 0.290 e. The SMILES string of the molecule is COc1ccc(C(=O)N(C[C@@H]2CCC(=O)N2)C(C)C)o1. The lowest BCUT2D eigenvalue weighted by Gasteiger charge is -2.28. The molecule has 1 aromatic rings. The maximum absolute atomic E-state index is 12.4. The van der Waals surface area contributed by atoms with E-state index in [2.05, 4.69) is 5.32 Å². The second-order valence-electron chi connectivity index (χ2n) is 5.18. The van der Waals surface area contributed by atoms with E-state index in [1.165, 1.54) is 7.11 Å². The fourth-order valence-corrected chi connectivity index (χ4v) is 2.27. The van der Waals surface area contributed by atoms with E-state index < -0.39 is 0 Å². The van der Waals surface area contributed by atoms with Crippen LogP contribution in [0, 0.1) is 0 Å². The number of carbonyl (C=O) groups excluding carboxylic acids is 2. The van der Waals surface area contributed by atoms with Gasteiger partial charge in [-0.1, -0.05) is 0 Å². The molecule has 0 saturated carbocycles. The summed E-state index contributed by atoms with van der Waals surface area (Å²) < 4.78 is 10.2. The van der Waals surface area contributed by atoms with Gasteiger partial charge in [0.05, 0.1) is 7.11 Å². The van der Waals surface area contributed by atoms with Crippen molar-refractivity contribution in [2.45, 2.75) is 38.8 Å². The van der Waals surface area contributed by atoms with Crippen LogP contribution in [0.5, 0.6) is 5.95 Å². The third kappa shape index (κ3) is 3.12. The number of furan rings is 1. The van der Waals surface area contributed by atoms with Crippen LogP contribution in [0.25, 0.3) is 0 Å². The summed E-state index contributed by atoms with van der Waals surface area (Å²) in [7, 11) is 1.49. The summed E-state index contributed by atoms with van der Waals surface area (Å²) in [6, 6.07) is 3.26. The first-order chi connectivity index (χ1) is 9.51. The Morgan fingerprint density at radius 2 is 2.30 bits per heavy atom. The number of nitrogens with one attached hydrogen (secondary N) is 1. The largest absolute Gasteiger partial charge is 0.468 e. The molecule has 0 aliphatic carbocycles. The fourth-order valence-electron chi connectivity index (χ4n) is 2.27. The van der Waals surface area contributed by atoms with Crippen molar-refractivity contribution < 1.29 is 18.7 Å². The zero-order chi connectivity index (χ0) is 14.7. The van der Waals surface area contributed by atoms with E-state index in [4.69, 9.17) is 9.15 Å². The molecule has 1 fully saturated rings. The van der Waals surface area contributed by atoms with Crippen molar-refractivity contribution in [3.63, 3.8) is 0 Å².